The van der Waals surface area contributed by atoms with E-state index in [0.29, 0.717) is 6.61 Å². The number of rotatable bonds is 3. The number of ether oxygens (including phenoxy) is 1. The van der Waals surface area contributed by atoms with E-state index in [1.807, 2.05) is 0 Å². The smallest absolute Gasteiger partial charge is 0.404 e. The molecule has 0 heterocycles. The maximum absolute atomic E-state index is 9.60. The Labute approximate surface area is 91.2 Å². The third-order valence-corrected chi connectivity index (χ3v) is 1.67. The molecule has 0 aliphatic rings. The van der Waals surface area contributed by atoms with Gasteiger partial charge >= 0.3 is 6.09 Å². The lowest BCUT2D eigenvalue weighted by Crippen LogP contribution is -2.11. The van der Waals surface area contributed by atoms with E-state index in [1.54, 1.807) is 6.92 Å². The highest BCUT2D eigenvalue weighted by molar-refractivity contribution is 5.64. The fourth-order valence-corrected chi connectivity index (χ4v) is 1.08. The predicted octanol–water partition coefficient (Wildman–Crippen LogP) is 2.74. The van der Waals surface area contributed by atoms with Crippen LogP contribution in [0.4, 0.5) is 4.79 Å². The molecule has 3 heteroatoms. The van der Waals surface area contributed by atoms with Gasteiger partial charge in [0.25, 0.3) is 0 Å². The van der Waals surface area contributed by atoms with E-state index in [-0.39, 0.29) is 0 Å². The average molecular weight is 209 g/mol. The van der Waals surface area contributed by atoms with Crippen LogP contribution in [0, 0.1) is 0 Å². The third-order valence-electron chi connectivity index (χ3n) is 1.67. The molecule has 0 aromatic heterocycles. The lowest BCUT2D eigenvalue weighted by Gasteiger charge is -1.93. The number of carbonyl (C=O) groups is 1. The quantitative estimate of drug-likeness (QED) is 0.832. The van der Waals surface area contributed by atoms with Gasteiger partial charge in [-0.15, -0.1) is 0 Å². The average Bonchev–Trinajstić information content (AvgIpc) is 2.20. The van der Waals surface area contributed by atoms with Crippen LogP contribution >= 0.6 is 0 Å². The van der Waals surface area contributed by atoms with Gasteiger partial charge < -0.3 is 10.5 Å². The molecule has 1 aromatic rings. The van der Waals surface area contributed by atoms with E-state index in [0.717, 1.165) is 0 Å². The van der Waals surface area contributed by atoms with E-state index in [1.165, 1.54) is 18.4 Å². The van der Waals surface area contributed by atoms with Crippen molar-refractivity contribution in [2.75, 3.05) is 6.61 Å². The lowest BCUT2D eigenvalue weighted by atomic mass is 10.1. The van der Waals surface area contributed by atoms with Gasteiger partial charge in [-0.05, 0) is 18.9 Å². The summed E-state index contributed by atoms with van der Waals surface area (Å²) in [6.45, 7) is 4.26. The Hall–Kier alpha value is -1.51. The van der Waals surface area contributed by atoms with Gasteiger partial charge in [-0.2, -0.15) is 0 Å². The Balaban J connectivity index is 0.000000288. The Morgan fingerprint density at radius 3 is 2.20 bits per heavy atom. The van der Waals surface area contributed by atoms with Crippen LogP contribution in [0.25, 0.3) is 0 Å². The van der Waals surface area contributed by atoms with Crippen molar-refractivity contribution in [3.8, 4) is 0 Å². The maximum atomic E-state index is 9.60. The van der Waals surface area contributed by atoms with Crippen molar-refractivity contribution in [3.63, 3.8) is 0 Å². The lowest BCUT2D eigenvalue weighted by molar-refractivity contribution is 0.163. The van der Waals surface area contributed by atoms with Crippen LogP contribution in [-0.4, -0.2) is 12.7 Å². The maximum Gasteiger partial charge on any atom is 0.404 e. The standard InChI is InChI=1S/C9H12.C3H7NO2/c1-2-6-9-7-4-3-5-8-9;1-2-6-3(4)5/h3-5,7-8H,2,6H2,1H3;2H2,1H3,(H2,4,5). The van der Waals surface area contributed by atoms with E-state index in [2.05, 4.69) is 47.7 Å². The molecule has 0 saturated heterocycles. The molecule has 84 valence electrons. The van der Waals surface area contributed by atoms with Crippen molar-refractivity contribution >= 4 is 6.09 Å². The zero-order chi connectivity index (χ0) is 11.5. The Bertz CT molecular complexity index is 260. The molecule has 0 unspecified atom stereocenters. The number of aryl methyl sites for hydroxylation is 1. The second-order valence-electron chi connectivity index (χ2n) is 2.99. The third kappa shape index (κ3) is 8.81. The van der Waals surface area contributed by atoms with Gasteiger partial charge in [-0.3, -0.25) is 0 Å². The topological polar surface area (TPSA) is 52.3 Å². The van der Waals surface area contributed by atoms with Crippen LogP contribution in [0.15, 0.2) is 30.3 Å². The molecule has 0 fully saturated rings. The number of nitrogens with two attached hydrogens (primary N) is 1. The first-order chi connectivity index (χ1) is 7.20. The summed E-state index contributed by atoms with van der Waals surface area (Å²) < 4.78 is 4.18. The van der Waals surface area contributed by atoms with Crippen molar-refractivity contribution in [1.82, 2.24) is 0 Å². The number of benzene rings is 1. The van der Waals surface area contributed by atoms with Crippen LogP contribution in [0.3, 0.4) is 0 Å². The molecule has 0 saturated carbocycles. The van der Waals surface area contributed by atoms with Gasteiger partial charge in [-0.1, -0.05) is 43.7 Å². The molecular weight excluding hydrogens is 190 g/mol. The van der Waals surface area contributed by atoms with Crippen molar-refractivity contribution < 1.29 is 9.53 Å². The number of hydrogen-bond acceptors (Lipinski definition) is 2. The number of carbonyl (C=O) groups excluding carboxylic acids is 1. The molecule has 0 atom stereocenters. The predicted molar refractivity (Wildman–Crippen MR) is 61.6 cm³/mol. The molecule has 2 N–H and O–H groups in total. The highest BCUT2D eigenvalue weighted by Crippen LogP contribution is 2.00. The fourth-order valence-electron chi connectivity index (χ4n) is 1.08. The summed E-state index contributed by atoms with van der Waals surface area (Å²) in [7, 11) is 0. The molecule has 0 aliphatic heterocycles. The summed E-state index contributed by atoms with van der Waals surface area (Å²) in [5.41, 5.74) is 5.99. The number of primary amides is 1. The zero-order valence-corrected chi connectivity index (χ0v) is 9.40. The van der Waals surface area contributed by atoms with Gasteiger partial charge in [0.1, 0.15) is 0 Å². The van der Waals surface area contributed by atoms with Gasteiger partial charge in [0.05, 0.1) is 6.61 Å². The zero-order valence-electron chi connectivity index (χ0n) is 9.40. The van der Waals surface area contributed by atoms with E-state index >= 15 is 0 Å². The summed E-state index contributed by atoms with van der Waals surface area (Å²) in [5.74, 6) is 0. The van der Waals surface area contributed by atoms with Crippen molar-refractivity contribution in [2.45, 2.75) is 26.7 Å². The summed E-state index contributed by atoms with van der Waals surface area (Å²) in [6, 6.07) is 10.6. The van der Waals surface area contributed by atoms with Crippen molar-refractivity contribution in [2.24, 2.45) is 5.73 Å². The largest absolute Gasteiger partial charge is 0.450 e. The van der Waals surface area contributed by atoms with Crippen LogP contribution in [0.2, 0.25) is 0 Å². The Kier molecular flexibility index (Phi) is 8.15. The Morgan fingerprint density at radius 2 is 1.87 bits per heavy atom. The molecule has 0 radical (unpaired) electrons. The minimum Gasteiger partial charge on any atom is -0.450 e. The molecule has 0 aliphatic carbocycles. The highest BCUT2D eigenvalue weighted by atomic mass is 16.5. The molecule has 1 amide bonds. The summed E-state index contributed by atoms with van der Waals surface area (Å²) in [4.78, 5) is 9.60. The monoisotopic (exact) mass is 209 g/mol. The molecule has 0 spiro atoms. The molecule has 15 heavy (non-hydrogen) atoms. The first-order valence-corrected chi connectivity index (χ1v) is 5.16. The first-order valence-electron chi connectivity index (χ1n) is 5.16. The van der Waals surface area contributed by atoms with E-state index in [4.69, 9.17) is 0 Å². The summed E-state index contributed by atoms with van der Waals surface area (Å²) in [6.07, 6.45) is 1.74. The van der Waals surface area contributed by atoms with Crippen molar-refractivity contribution in [1.29, 1.82) is 0 Å². The normalized spacial score (nSPS) is 8.67. The minimum absolute atomic E-state index is 0.356. The molecular formula is C12H19NO2. The van der Waals surface area contributed by atoms with Gasteiger partial charge in [0, 0.05) is 0 Å². The first kappa shape index (κ1) is 13.5. The minimum atomic E-state index is -0.711. The SMILES string of the molecule is CCCc1ccccc1.CCOC(N)=O. The fraction of sp³-hybridized carbons (Fsp3) is 0.417. The van der Waals surface area contributed by atoms with Crippen LogP contribution < -0.4 is 5.73 Å². The molecule has 1 rings (SSSR count). The second-order valence-corrected chi connectivity index (χ2v) is 2.99. The van der Waals surface area contributed by atoms with E-state index in [9.17, 15) is 4.79 Å². The molecule has 3 nitrogen and oxygen atoms in total. The molecule has 0 bridgehead atoms. The second kappa shape index (κ2) is 9.06. The van der Waals surface area contributed by atoms with E-state index < -0.39 is 6.09 Å². The number of amides is 1. The van der Waals surface area contributed by atoms with Gasteiger partial charge in [0.15, 0.2) is 0 Å². The van der Waals surface area contributed by atoms with Crippen LogP contribution in [0.1, 0.15) is 25.8 Å². The van der Waals surface area contributed by atoms with Gasteiger partial charge in [-0.25, -0.2) is 4.79 Å². The van der Waals surface area contributed by atoms with Crippen LogP contribution in [0.5, 0.6) is 0 Å². The Morgan fingerprint density at radius 1 is 1.27 bits per heavy atom. The summed E-state index contributed by atoms with van der Waals surface area (Å²) >= 11 is 0. The van der Waals surface area contributed by atoms with Crippen molar-refractivity contribution in [3.05, 3.63) is 35.9 Å². The molecule has 1 aromatic carbocycles. The van der Waals surface area contributed by atoms with Crippen LogP contribution in [-0.2, 0) is 11.2 Å². The summed E-state index contributed by atoms with van der Waals surface area (Å²) in [5, 5.41) is 0. The van der Waals surface area contributed by atoms with Gasteiger partial charge in [0.2, 0.25) is 0 Å². The highest BCUT2D eigenvalue weighted by Gasteiger charge is 1.84. The number of hydrogen-bond donors (Lipinski definition) is 1.